The Balaban J connectivity index is 1.75. The third kappa shape index (κ3) is 2.29. The molecule has 0 bridgehead atoms. The lowest BCUT2D eigenvalue weighted by molar-refractivity contribution is 0.273. The van der Waals surface area contributed by atoms with Crippen LogP contribution < -0.4 is 0 Å². The van der Waals surface area contributed by atoms with Gasteiger partial charge in [0.05, 0.1) is 6.61 Å². The molecule has 0 radical (unpaired) electrons. The van der Waals surface area contributed by atoms with Crippen molar-refractivity contribution in [2.75, 3.05) is 19.7 Å². The quantitative estimate of drug-likeness (QED) is 0.691. The van der Waals surface area contributed by atoms with Gasteiger partial charge in [0.1, 0.15) is 0 Å². The maximum absolute atomic E-state index is 8.83. The van der Waals surface area contributed by atoms with Gasteiger partial charge < -0.3 is 5.11 Å². The minimum atomic E-state index is 0.314. The fraction of sp³-hybridized carbons (Fsp3) is 0.455. The fourth-order valence-corrected chi connectivity index (χ4v) is 1.59. The summed E-state index contributed by atoms with van der Waals surface area (Å²) in [6.45, 7) is 2.47. The van der Waals surface area contributed by atoms with E-state index < -0.39 is 0 Å². The first-order chi connectivity index (χ1) is 6.40. The zero-order valence-electron chi connectivity index (χ0n) is 7.69. The van der Waals surface area contributed by atoms with Crippen LogP contribution in [0.5, 0.6) is 0 Å². The van der Waals surface area contributed by atoms with Crippen LogP contribution in [0.3, 0.4) is 0 Å². The molecule has 0 amide bonds. The first-order valence-electron chi connectivity index (χ1n) is 4.79. The van der Waals surface area contributed by atoms with Crippen LogP contribution >= 0.6 is 0 Å². The predicted octanol–water partition coefficient (Wildman–Crippen LogP) is 0.906. The van der Waals surface area contributed by atoms with Gasteiger partial charge >= 0.3 is 0 Å². The second kappa shape index (κ2) is 3.90. The topological polar surface area (TPSA) is 23.2 Å². The number of rotatable bonds is 4. The first-order valence-corrected chi connectivity index (χ1v) is 4.79. The summed E-state index contributed by atoms with van der Waals surface area (Å²) in [5, 5.41) is 8.83. The van der Waals surface area contributed by atoms with Gasteiger partial charge in [-0.2, -0.15) is 0 Å². The van der Waals surface area contributed by atoms with Gasteiger partial charge in [-0.25, -0.2) is 0 Å². The van der Waals surface area contributed by atoms with E-state index >= 15 is 0 Å². The summed E-state index contributed by atoms with van der Waals surface area (Å²) >= 11 is 0. The van der Waals surface area contributed by atoms with Crippen LogP contribution in [0, 0.1) is 0 Å². The molecule has 1 fully saturated rings. The molecule has 0 saturated carbocycles. The Hall–Kier alpha value is -0.860. The molecule has 1 aromatic carbocycles. The molecule has 2 atom stereocenters. The van der Waals surface area contributed by atoms with Crippen LogP contribution in [-0.2, 0) is 6.42 Å². The van der Waals surface area contributed by atoms with Crippen molar-refractivity contribution < 1.29 is 5.11 Å². The largest absolute Gasteiger partial charge is 0.395 e. The van der Waals surface area contributed by atoms with Gasteiger partial charge in [-0.15, -0.1) is 0 Å². The van der Waals surface area contributed by atoms with Crippen molar-refractivity contribution in [2.24, 2.45) is 0 Å². The van der Waals surface area contributed by atoms with Gasteiger partial charge in [0.15, 0.2) is 0 Å². The van der Waals surface area contributed by atoms with Crippen molar-refractivity contribution in [1.29, 1.82) is 0 Å². The summed E-state index contributed by atoms with van der Waals surface area (Å²) < 4.78 is 0. The first kappa shape index (κ1) is 8.73. The van der Waals surface area contributed by atoms with E-state index in [1.165, 1.54) is 5.56 Å². The number of nitrogens with zero attached hydrogens (tertiary/aromatic N) is 1. The van der Waals surface area contributed by atoms with E-state index in [2.05, 4.69) is 29.2 Å². The lowest BCUT2D eigenvalue weighted by atomic mass is 10.1. The Labute approximate surface area is 78.8 Å². The highest BCUT2D eigenvalue weighted by molar-refractivity contribution is 5.15. The lowest BCUT2D eigenvalue weighted by Crippen LogP contribution is -2.09. The van der Waals surface area contributed by atoms with Gasteiger partial charge in [-0.05, 0) is 12.0 Å². The molecular weight excluding hydrogens is 162 g/mol. The molecule has 0 spiro atoms. The van der Waals surface area contributed by atoms with Gasteiger partial charge in [-0.1, -0.05) is 30.3 Å². The molecule has 2 rings (SSSR count). The minimum Gasteiger partial charge on any atom is -0.395 e. The number of hydrogen-bond donors (Lipinski definition) is 1. The molecule has 0 aromatic heterocycles. The maximum atomic E-state index is 8.83. The van der Waals surface area contributed by atoms with E-state index in [1.807, 2.05) is 6.07 Å². The van der Waals surface area contributed by atoms with E-state index in [1.54, 1.807) is 0 Å². The molecular formula is C11H15NO. The molecule has 1 aromatic rings. The van der Waals surface area contributed by atoms with E-state index in [4.69, 9.17) is 5.11 Å². The monoisotopic (exact) mass is 177 g/mol. The molecule has 1 N–H and O–H groups in total. The molecule has 2 heteroatoms. The Morgan fingerprint density at radius 3 is 2.69 bits per heavy atom. The second-order valence-electron chi connectivity index (χ2n) is 3.57. The highest BCUT2D eigenvalue weighted by atomic mass is 16.3. The Bertz CT molecular complexity index is 260. The second-order valence-corrected chi connectivity index (χ2v) is 3.57. The summed E-state index contributed by atoms with van der Waals surface area (Å²) in [6.07, 6.45) is 1.09. The van der Waals surface area contributed by atoms with Crippen LogP contribution in [0.15, 0.2) is 30.3 Å². The molecule has 1 aliphatic heterocycles. The summed E-state index contributed by atoms with van der Waals surface area (Å²) in [5.41, 5.74) is 1.38. The zero-order valence-corrected chi connectivity index (χ0v) is 7.69. The molecule has 13 heavy (non-hydrogen) atoms. The number of aliphatic hydroxyl groups excluding tert-OH is 1. The Kier molecular flexibility index (Phi) is 2.62. The van der Waals surface area contributed by atoms with E-state index in [9.17, 15) is 0 Å². The molecule has 2 unspecified atom stereocenters. The maximum Gasteiger partial charge on any atom is 0.0599 e. The minimum absolute atomic E-state index is 0.314. The van der Waals surface area contributed by atoms with E-state index in [0.717, 1.165) is 19.5 Å². The van der Waals surface area contributed by atoms with Crippen molar-refractivity contribution in [3.63, 3.8) is 0 Å². The van der Waals surface area contributed by atoms with Crippen LogP contribution in [0.4, 0.5) is 0 Å². The summed E-state index contributed by atoms with van der Waals surface area (Å²) in [4.78, 5) is 2.30. The molecule has 1 heterocycles. The average Bonchev–Trinajstić information content (AvgIpc) is 2.95. The third-order valence-electron chi connectivity index (χ3n) is 2.57. The molecule has 1 aliphatic rings. The standard InChI is InChI=1S/C11H15NO/c13-9-11-8-12(11)7-6-10-4-2-1-3-5-10/h1-5,11,13H,6-9H2. The third-order valence-corrected chi connectivity index (χ3v) is 2.57. The van der Waals surface area contributed by atoms with Gasteiger partial charge in [0, 0.05) is 19.1 Å². The lowest BCUT2D eigenvalue weighted by Gasteiger charge is -2.02. The molecule has 1 saturated heterocycles. The smallest absolute Gasteiger partial charge is 0.0599 e. The fourth-order valence-electron chi connectivity index (χ4n) is 1.59. The van der Waals surface area contributed by atoms with E-state index in [-0.39, 0.29) is 0 Å². The van der Waals surface area contributed by atoms with Crippen LogP contribution in [0.1, 0.15) is 5.56 Å². The van der Waals surface area contributed by atoms with Gasteiger partial charge in [0.25, 0.3) is 0 Å². The molecule has 2 nitrogen and oxygen atoms in total. The van der Waals surface area contributed by atoms with Crippen molar-refractivity contribution in [1.82, 2.24) is 4.90 Å². The summed E-state index contributed by atoms with van der Waals surface area (Å²) in [6, 6.07) is 10.9. The highest BCUT2D eigenvalue weighted by Crippen LogP contribution is 2.16. The van der Waals surface area contributed by atoms with Crippen LogP contribution in [-0.4, -0.2) is 35.7 Å². The zero-order chi connectivity index (χ0) is 9.10. The van der Waals surface area contributed by atoms with Crippen molar-refractivity contribution in [3.05, 3.63) is 35.9 Å². The normalized spacial score (nSPS) is 25.9. The number of benzene rings is 1. The molecule has 70 valence electrons. The van der Waals surface area contributed by atoms with Crippen molar-refractivity contribution in [3.8, 4) is 0 Å². The Morgan fingerprint density at radius 2 is 2.08 bits per heavy atom. The van der Waals surface area contributed by atoms with Crippen molar-refractivity contribution in [2.45, 2.75) is 12.5 Å². The summed E-state index contributed by atoms with van der Waals surface area (Å²) in [7, 11) is 0. The van der Waals surface area contributed by atoms with Crippen LogP contribution in [0.25, 0.3) is 0 Å². The number of aliphatic hydroxyl groups is 1. The van der Waals surface area contributed by atoms with Gasteiger partial charge in [0.2, 0.25) is 0 Å². The van der Waals surface area contributed by atoms with E-state index in [0.29, 0.717) is 12.6 Å². The van der Waals surface area contributed by atoms with Crippen LogP contribution in [0.2, 0.25) is 0 Å². The predicted molar refractivity (Wildman–Crippen MR) is 52.6 cm³/mol. The SMILES string of the molecule is OCC1CN1CCc1ccccc1. The summed E-state index contributed by atoms with van der Waals surface area (Å²) in [5.74, 6) is 0. The molecule has 0 aliphatic carbocycles. The highest BCUT2D eigenvalue weighted by Gasteiger charge is 2.31. The number of hydrogen-bond acceptors (Lipinski definition) is 2. The Morgan fingerprint density at radius 1 is 1.31 bits per heavy atom. The van der Waals surface area contributed by atoms with Gasteiger partial charge in [-0.3, -0.25) is 4.90 Å². The average molecular weight is 177 g/mol. The van der Waals surface area contributed by atoms with Crippen molar-refractivity contribution >= 4 is 0 Å².